The lowest BCUT2D eigenvalue weighted by Gasteiger charge is -2.11. The normalized spacial score (nSPS) is 12.5. The van der Waals surface area contributed by atoms with E-state index >= 15 is 0 Å². The van der Waals surface area contributed by atoms with Gasteiger partial charge in [-0.15, -0.1) is 0 Å². The van der Waals surface area contributed by atoms with Crippen molar-refractivity contribution in [2.75, 3.05) is 6.61 Å². The Hall–Kier alpha value is -1.18. The number of rotatable bonds is 4. The number of phenols is 1. The van der Waals surface area contributed by atoms with Gasteiger partial charge in [-0.25, -0.2) is 0 Å². The van der Waals surface area contributed by atoms with Crippen molar-refractivity contribution in [2.24, 2.45) is 5.92 Å². The molecule has 0 aliphatic carbocycles. The summed E-state index contributed by atoms with van der Waals surface area (Å²) in [6.07, 6.45) is 1.09. The quantitative estimate of drug-likeness (QED) is 0.772. The van der Waals surface area contributed by atoms with E-state index in [1.54, 1.807) is 18.2 Å². The van der Waals surface area contributed by atoms with Crippen molar-refractivity contribution in [2.45, 2.75) is 20.3 Å². The minimum absolute atomic E-state index is 0.214. The van der Waals surface area contributed by atoms with Crippen LogP contribution in [0, 0.1) is 5.92 Å². The van der Waals surface area contributed by atoms with E-state index in [2.05, 4.69) is 13.8 Å². The highest BCUT2D eigenvalue weighted by atomic mass is 16.5. The molecular formula is C11H16O2. The minimum Gasteiger partial charge on any atom is -0.504 e. The molecule has 1 N–H and O–H groups in total. The molecule has 0 unspecified atom stereocenters. The van der Waals surface area contributed by atoms with Gasteiger partial charge in [-0.3, -0.25) is 0 Å². The molecule has 0 aliphatic rings. The molecule has 1 rings (SSSR count). The monoisotopic (exact) mass is 180 g/mol. The second kappa shape index (κ2) is 4.75. The average molecular weight is 180 g/mol. The van der Waals surface area contributed by atoms with Crippen LogP contribution in [0.3, 0.4) is 0 Å². The summed E-state index contributed by atoms with van der Waals surface area (Å²) in [6.45, 7) is 4.91. The third kappa shape index (κ3) is 2.98. The van der Waals surface area contributed by atoms with Crippen molar-refractivity contribution in [1.29, 1.82) is 0 Å². The van der Waals surface area contributed by atoms with Crippen LogP contribution in [-0.2, 0) is 0 Å². The van der Waals surface area contributed by atoms with Crippen LogP contribution in [0.4, 0.5) is 0 Å². The number of ether oxygens (including phenoxy) is 1. The summed E-state index contributed by atoms with van der Waals surface area (Å²) in [6, 6.07) is 7.04. The van der Waals surface area contributed by atoms with E-state index in [0.29, 0.717) is 18.3 Å². The second-order valence-electron chi connectivity index (χ2n) is 3.29. The number of phenolic OH excluding ortho intramolecular Hbond substituents is 1. The van der Waals surface area contributed by atoms with E-state index in [-0.39, 0.29) is 5.75 Å². The van der Waals surface area contributed by atoms with Crippen molar-refractivity contribution < 1.29 is 9.84 Å². The number of hydrogen-bond acceptors (Lipinski definition) is 2. The molecule has 0 aromatic heterocycles. The van der Waals surface area contributed by atoms with Gasteiger partial charge >= 0.3 is 0 Å². The molecule has 2 heteroatoms. The van der Waals surface area contributed by atoms with Crippen molar-refractivity contribution in [1.82, 2.24) is 0 Å². The molecule has 13 heavy (non-hydrogen) atoms. The standard InChI is InChI=1S/C11H16O2/c1-3-9(2)8-13-11-7-5-4-6-10(11)12/h4-7,9,12H,3,8H2,1-2H3/t9-/m0/s1. The van der Waals surface area contributed by atoms with Crippen molar-refractivity contribution in [3.63, 3.8) is 0 Å². The highest BCUT2D eigenvalue weighted by Gasteiger charge is 2.03. The Labute approximate surface area is 79.2 Å². The van der Waals surface area contributed by atoms with Gasteiger partial charge in [-0.1, -0.05) is 32.4 Å². The Bertz CT molecular complexity index is 258. The fraction of sp³-hybridized carbons (Fsp3) is 0.455. The minimum atomic E-state index is 0.214. The van der Waals surface area contributed by atoms with E-state index in [1.165, 1.54) is 0 Å². The summed E-state index contributed by atoms with van der Waals surface area (Å²) in [4.78, 5) is 0. The Balaban J connectivity index is 2.50. The lowest BCUT2D eigenvalue weighted by atomic mass is 10.1. The fourth-order valence-electron chi connectivity index (χ4n) is 0.929. The van der Waals surface area contributed by atoms with Gasteiger partial charge < -0.3 is 9.84 Å². The van der Waals surface area contributed by atoms with Crippen molar-refractivity contribution in [3.05, 3.63) is 24.3 Å². The number of para-hydroxylation sites is 2. The molecule has 0 saturated carbocycles. The van der Waals surface area contributed by atoms with Crippen LogP contribution >= 0.6 is 0 Å². The Morgan fingerprint density at radius 1 is 1.38 bits per heavy atom. The second-order valence-corrected chi connectivity index (χ2v) is 3.29. The molecule has 0 fully saturated rings. The zero-order valence-corrected chi connectivity index (χ0v) is 8.16. The van der Waals surface area contributed by atoms with E-state index in [4.69, 9.17) is 4.74 Å². The summed E-state index contributed by atoms with van der Waals surface area (Å²) in [5.74, 6) is 1.31. The van der Waals surface area contributed by atoms with Gasteiger partial charge in [-0.2, -0.15) is 0 Å². The maximum absolute atomic E-state index is 9.37. The largest absolute Gasteiger partial charge is 0.504 e. The van der Waals surface area contributed by atoms with Gasteiger partial charge in [0.1, 0.15) is 0 Å². The predicted molar refractivity (Wildman–Crippen MR) is 53.1 cm³/mol. The van der Waals surface area contributed by atoms with Crippen LogP contribution < -0.4 is 4.74 Å². The van der Waals surface area contributed by atoms with Crippen LogP contribution in [0.2, 0.25) is 0 Å². The zero-order valence-electron chi connectivity index (χ0n) is 8.16. The molecule has 1 aromatic carbocycles. The van der Waals surface area contributed by atoms with Crippen molar-refractivity contribution in [3.8, 4) is 11.5 Å². The number of aromatic hydroxyl groups is 1. The molecule has 1 aromatic rings. The highest BCUT2D eigenvalue weighted by Crippen LogP contribution is 2.24. The van der Waals surface area contributed by atoms with Gasteiger partial charge in [0.25, 0.3) is 0 Å². The lowest BCUT2D eigenvalue weighted by molar-refractivity contribution is 0.246. The fourth-order valence-corrected chi connectivity index (χ4v) is 0.929. The third-order valence-electron chi connectivity index (χ3n) is 2.09. The maximum atomic E-state index is 9.37. The van der Waals surface area contributed by atoms with Crippen LogP contribution in [0.1, 0.15) is 20.3 Å². The molecule has 0 radical (unpaired) electrons. The first kappa shape index (κ1) is 9.90. The third-order valence-corrected chi connectivity index (χ3v) is 2.09. The van der Waals surface area contributed by atoms with E-state index in [9.17, 15) is 5.11 Å². The van der Waals surface area contributed by atoms with Crippen LogP contribution in [0.15, 0.2) is 24.3 Å². The molecular weight excluding hydrogens is 164 g/mol. The van der Waals surface area contributed by atoms with Gasteiger partial charge in [0.15, 0.2) is 11.5 Å². The molecule has 0 bridgehead atoms. The number of hydrogen-bond donors (Lipinski definition) is 1. The van der Waals surface area contributed by atoms with E-state index in [0.717, 1.165) is 6.42 Å². The Morgan fingerprint density at radius 3 is 2.69 bits per heavy atom. The van der Waals surface area contributed by atoms with Gasteiger partial charge in [0, 0.05) is 0 Å². The first-order valence-corrected chi connectivity index (χ1v) is 4.64. The molecule has 1 atom stereocenters. The molecule has 0 heterocycles. The summed E-state index contributed by atoms with van der Waals surface area (Å²) >= 11 is 0. The van der Waals surface area contributed by atoms with Gasteiger partial charge in [-0.05, 0) is 18.1 Å². The summed E-state index contributed by atoms with van der Waals surface area (Å²) in [5.41, 5.74) is 0. The lowest BCUT2D eigenvalue weighted by Crippen LogP contribution is -2.07. The van der Waals surface area contributed by atoms with Gasteiger partial charge in [0.05, 0.1) is 6.61 Å². The zero-order chi connectivity index (χ0) is 9.68. The van der Waals surface area contributed by atoms with Crippen LogP contribution in [0.25, 0.3) is 0 Å². The molecule has 0 amide bonds. The molecule has 72 valence electrons. The summed E-state index contributed by atoms with van der Waals surface area (Å²) < 4.78 is 5.44. The average Bonchev–Trinajstić information content (AvgIpc) is 2.16. The van der Waals surface area contributed by atoms with E-state index < -0.39 is 0 Å². The summed E-state index contributed by atoms with van der Waals surface area (Å²) in [7, 11) is 0. The Kier molecular flexibility index (Phi) is 3.62. The summed E-state index contributed by atoms with van der Waals surface area (Å²) in [5, 5.41) is 9.37. The highest BCUT2D eigenvalue weighted by molar-refractivity contribution is 5.37. The van der Waals surface area contributed by atoms with Gasteiger partial charge in [0.2, 0.25) is 0 Å². The topological polar surface area (TPSA) is 29.5 Å². The number of benzene rings is 1. The molecule has 2 nitrogen and oxygen atoms in total. The van der Waals surface area contributed by atoms with Crippen LogP contribution in [0.5, 0.6) is 11.5 Å². The molecule has 0 aliphatic heterocycles. The first-order valence-electron chi connectivity index (χ1n) is 4.64. The van der Waals surface area contributed by atoms with E-state index in [1.807, 2.05) is 6.07 Å². The maximum Gasteiger partial charge on any atom is 0.160 e. The molecule has 0 spiro atoms. The smallest absolute Gasteiger partial charge is 0.160 e. The SMILES string of the molecule is CC[C@H](C)COc1ccccc1O. The first-order chi connectivity index (χ1) is 6.24. The van der Waals surface area contributed by atoms with Crippen molar-refractivity contribution >= 4 is 0 Å². The molecule has 0 saturated heterocycles. The van der Waals surface area contributed by atoms with Crippen LogP contribution in [-0.4, -0.2) is 11.7 Å². The Morgan fingerprint density at radius 2 is 2.08 bits per heavy atom. The predicted octanol–water partition coefficient (Wildman–Crippen LogP) is 2.82.